The highest BCUT2D eigenvalue weighted by atomic mass is 16.6. The number of rotatable bonds is 9. The van der Waals surface area contributed by atoms with E-state index in [0.717, 1.165) is 25.7 Å². The Morgan fingerprint density at radius 1 is 1.15 bits per heavy atom. The Morgan fingerprint density at radius 3 is 2.38 bits per heavy atom. The molecule has 2 rings (SSSR count). The number of fused-ring (bicyclic) bond motifs is 1. The van der Waals surface area contributed by atoms with E-state index < -0.39 is 17.8 Å². The fourth-order valence-electron chi connectivity index (χ4n) is 3.31. The van der Waals surface area contributed by atoms with E-state index in [0.29, 0.717) is 12.2 Å². The largest absolute Gasteiger partial charge is 0.498 e. The minimum Gasteiger partial charge on any atom is -0.498 e. The van der Waals surface area contributed by atoms with Crippen LogP contribution < -0.4 is 0 Å². The third kappa shape index (κ3) is 4.95. The number of hydrogen-bond donors (Lipinski definition) is 1. The Morgan fingerprint density at radius 2 is 1.77 bits per heavy atom. The summed E-state index contributed by atoms with van der Waals surface area (Å²) in [5, 5.41) is 10.1. The fourth-order valence-corrected chi connectivity index (χ4v) is 3.31. The van der Waals surface area contributed by atoms with Gasteiger partial charge in [0.25, 0.3) is 0 Å². The van der Waals surface area contributed by atoms with E-state index in [2.05, 4.69) is 45.9 Å². The summed E-state index contributed by atoms with van der Waals surface area (Å²) in [6.45, 7) is 8.52. The molecule has 4 nitrogen and oxygen atoms in total. The third-order valence-corrected chi connectivity index (χ3v) is 5.12. The molecule has 4 heteroatoms. The standard InChI is InChI=1S/C22H32O4/c1-15(2)8-6-9-16(3)10-7-11-17(4)12-13-22-19(23)14-18(25-5)20(24)21(22)26-22/h8,10,12,14,20-21,24H,6-7,9,11,13H2,1-5H3/b16-10-,17-12+/t20-,21-,22+/m1/s1. The molecule has 0 aromatic rings. The normalized spacial score (nSPS) is 28.4. The van der Waals surface area contributed by atoms with Gasteiger partial charge in [-0.05, 0) is 53.4 Å². The van der Waals surface area contributed by atoms with Crippen LogP contribution >= 0.6 is 0 Å². The van der Waals surface area contributed by atoms with Crippen molar-refractivity contribution >= 4 is 5.78 Å². The molecule has 3 atom stereocenters. The van der Waals surface area contributed by atoms with E-state index >= 15 is 0 Å². The molecule has 1 fully saturated rings. The predicted octanol–water partition coefficient (Wildman–Crippen LogP) is 4.41. The minimum absolute atomic E-state index is 0.108. The van der Waals surface area contributed by atoms with Gasteiger partial charge in [-0.25, -0.2) is 0 Å². The molecule has 0 amide bonds. The van der Waals surface area contributed by atoms with E-state index in [-0.39, 0.29) is 5.78 Å². The Kier molecular flexibility index (Phi) is 7.01. The van der Waals surface area contributed by atoms with Crippen molar-refractivity contribution < 1.29 is 19.4 Å². The lowest BCUT2D eigenvalue weighted by Crippen LogP contribution is -2.37. The summed E-state index contributed by atoms with van der Waals surface area (Å²) in [6.07, 6.45) is 11.4. The lowest BCUT2D eigenvalue weighted by Gasteiger charge is -2.19. The van der Waals surface area contributed by atoms with Crippen LogP contribution in [0.2, 0.25) is 0 Å². The number of aliphatic hydroxyl groups excluding tert-OH is 1. The van der Waals surface area contributed by atoms with E-state index in [1.54, 1.807) is 0 Å². The second-order valence-corrected chi connectivity index (χ2v) is 7.65. The first kappa shape index (κ1) is 20.7. The molecular weight excluding hydrogens is 328 g/mol. The number of epoxide rings is 1. The smallest absolute Gasteiger partial charge is 0.194 e. The van der Waals surface area contributed by atoms with Gasteiger partial charge < -0.3 is 14.6 Å². The molecular formula is C22H32O4. The molecule has 1 saturated heterocycles. The van der Waals surface area contributed by atoms with Crippen molar-refractivity contribution in [2.24, 2.45) is 0 Å². The van der Waals surface area contributed by atoms with Gasteiger partial charge in [-0.3, -0.25) is 4.79 Å². The Balaban J connectivity index is 1.82. The van der Waals surface area contributed by atoms with Crippen LogP contribution in [0, 0.1) is 0 Å². The molecule has 144 valence electrons. The van der Waals surface area contributed by atoms with Crippen molar-refractivity contribution in [3.63, 3.8) is 0 Å². The monoisotopic (exact) mass is 360 g/mol. The van der Waals surface area contributed by atoms with Crippen molar-refractivity contribution in [3.8, 4) is 0 Å². The van der Waals surface area contributed by atoms with Crippen LogP contribution in [-0.4, -0.2) is 35.8 Å². The van der Waals surface area contributed by atoms with Gasteiger partial charge >= 0.3 is 0 Å². The van der Waals surface area contributed by atoms with Gasteiger partial charge in [0, 0.05) is 12.5 Å². The number of carbonyl (C=O) groups is 1. The predicted molar refractivity (Wildman–Crippen MR) is 104 cm³/mol. The van der Waals surface area contributed by atoms with Gasteiger partial charge in [-0.2, -0.15) is 0 Å². The van der Waals surface area contributed by atoms with Crippen LogP contribution in [0.5, 0.6) is 0 Å². The van der Waals surface area contributed by atoms with Gasteiger partial charge in [-0.1, -0.05) is 34.9 Å². The first-order chi connectivity index (χ1) is 12.3. The zero-order chi connectivity index (χ0) is 19.3. The topological polar surface area (TPSA) is 59.1 Å². The number of ketones is 1. The summed E-state index contributed by atoms with van der Waals surface area (Å²) < 4.78 is 10.6. The second kappa shape index (κ2) is 8.83. The highest BCUT2D eigenvalue weighted by Crippen LogP contribution is 2.48. The van der Waals surface area contributed by atoms with Crippen molar-refractivity contribution in [1.82, 2.24) is 0 Å². The summed E-state index contributed by atoms with van der Waals surface area (Å²) >= 11 is 0. The molecule has 0 bridgehead atoms. The van der Waals surface area contributed by atoms with E-state index in [4.69, 9.17) is 9.47 Å². The zero-order valence-corrected chi connectivity index (χ0v) is 16.7. The molecule has 0 radical (unpaired) electrons. The lowest BCUT2D eigenvalue weighted by atomic mass is 9.86. The molecule has 0 aromatic heterocycles. The quantitative estimate of drug-likeness (QED) is 0.489. The van der Waals surface area contributed by atoms with Crippen molar-refractivity contribution in [2.45, 2.75) is 77.6 Å². The van der Waals surface area contributed by atoms with E-state index in [9.17, 15) is 9.90 Å². The molecule has 1 heterocycles. The Bertz CT molecular complexity index is 649. The SMILES string of the molecule is COC1=CC(=O)[C@]2(C/C=C(\C)CC/C=C(/C)CCC=C(C)C)O[C@@H]2[C@@H]1O. The van der Waals surface area contributed by atoms with Crippen LogP contribution in [0.3, 0.4) is 0 Å². The van der Waals surface area contributed by atoms with E-state index in [1.165, 1.54) is 29.9 Å². The molecule has 1 N–H and O–H groups in total. The summed E-state index contributed by atoms with van der Waals surface area (Å²) in [4.78, 5) is 12.3. The third-order valence-electron chi connectivity index (χ3n) is 5.12. The summed E-state index contributed by atoms with van der Waals surface area (Å²) in [7, 11) is 1.46. The number of allylic oxidation sites excluding steroid dienone is 5. The molecule has 0 aromatic carbocycles. The summed E-state index contributed by atoms with van der Waals surface area (Å²) in [6, 6.07) is 0. The van der Waals surface area contributed by atoms with Gasteiger partial charge in [0.15, 0.2) is 11.4 Å². The number of ether oxygens (including phenoxy) is 2. The Hall–Kier alpha value is -1.65. The van der Waals surface area contributed by atoms with Crippen LogP contribution in [0.4, 0.5) is 0 Å². The van der Waals surface area contributed by atoms with Crippen molar-refractivity contribution in [3.05, 3.63) is 46.8 Å². The summed E-state index contributed by atoms with van der Waals surface area (Å²) in [5.74, 6) is 0.186. The van der Waals surface area contributed by atoms with Crippen LogP contribution in [0.15, 0.2) is 46.8 Å². The van der Waals surface area contributed by atoms with Gasteiger partial charge in [0.05, 0.1) is 7.11 Å². The van der Waals surface area contributed by atoms with Gasteiger partial charge in [0.2, 0.25) is 0 Å². The highest BCUT2D eigenvalue weighted by Gasteiger charge is 2.66. The first-order valence-corrected chi connectivity index (χ1v) is 9.40. The average molecular weight is 360 g/mol. The van der Waals surface area contributed by atoms with Crippen LogP contribution in [0.25, 0.3) is 0 Å². The maximum atomic E-state index is 12.3. The molecule has 26 heavy (non-hydrogen) atoms. The number of carbonyl (C=O) groups excluding carboxylic acids is 1. The second-order valence-electron chi connectivity index (χ2n) is 7.65. The number of methoxy groups -OCH3 is 1. The van der Waals surface area contributed by atoms with Gasteiger partial charge in [0.1, 0.15) is 18.0 Å². The average Bonchev–Trinajstić information content (AvgIpc) is 3.33. The van der Waals surface area contributed by atoms with Crippen molar-refractivity contribution in [1.29, 1.82) is 0 Å². The number of hydrogen-bond acceptors (Lipinski definition) is 4. The van der Waals surface area contributed by atoms with Crippen molar-refractivity contribution in [2.75, 3.05) is 7.11 Å². The molecule has 0 saturated carbocycles. The Labute approximate surface area is 157 Å². The molecule has 1 aliphatic heterocycles. The fraction of sp³-hybridized carbons (Fsp3) is 0.591. The molecule has 2 aliphatic rings. The molecule has 0 spiro atoms. The number of aliphatic hydroxyl groups is 1. The first-order valence-electron chi connectivity index (χ1n) is 9.40. The maximum absolute atomic E-state index is 12.3. The van der Waals surface area contributed by atoms with Crippen LogP contribution in [0.1, 0.15) is 59.8 Å². The molecule has 1 aliphatic carbocycles. The summed E-state index contributed by atoms with van der Waals surface area (Å²) in [5.41, 5.74) is 3.15. The maximum Gasteiger partial charge on any atom is 0.194 e. The van der Waals surface area contributed by atoms with Gasteiger partial charge in [-0.15, -0.1) is 0 Å². The highest BCUT2D eigenvalue weighted by molar-refractivity contribution is 6.01. The van der Waals surface area contributed by atoms with Crippen LogP contribution in [-0.2, 0) is 14.3 Å². The molecule has 0 unspecified atom stereocenters. The zero-order valence-electron chi connectivity index (χ0n) is 16.7. The lowest BCUT2D eigenvalue weighted by molar-refractivity contribution is -0.120. The minimum atomic E-state index is -0.876. The van der Waals surface area contributed by atoms with E-state index in [1.807, 2.05) is 0 Å².